The zero-order valence-corrected chi connectivity index (χ0v) is 11.4. The normalized spacial score (nSPS) is 10.1. The molecule has 0 heterocycles. The first kappa shape index (κ1) is 14.8. The van der Waals surface area contributed by atoms with Crippen LogP contribution < -0.4 is 4.74 Å². The van der Waals surface area contributed by atoms with Crippen LogP contribution in [0.25, 0.3) is 0 Å². The zero-order valence-electron chi connectivity index (χ0n) is 10.7. The highest BCUT2D eigenvalue weighted by Gasteiger charge is 2.13. The Morgan fingerprint density at radius 3 is 2.62 bits per heavy atom. The van der Waals surface area contributed by atoms with Gasteiger partial charge < -0.3 is 9.84 Å². The van der Waals surface area contributed by atoms with Crippen molar-refractivity contribution < 1.29 is 19.6 Å². The van der Waals surface area contributed by atoms with Gasteiger partial charge in [0.2, 0.25) is 0 Å². The molecule has 2 aromatic rings. The Kier molecular flexibility index (Phi) is 4.39. The number of hydrogen-bond donors (Lipinski definition) is 1. The fourth-order valence-electron chi connectivity index (χ4n) is 1.69. The average Bonchev–Trinajstić information content (AvgIpc) is 2.46. The second-order valence-corrected chi connectivity index (χ2v) is 4.53. The molecule has 0 atom stereocenters. The van der Waals surface area contributed by atoms with E-state index in [9.17, 15) is 14.9 Å². The van der Waals surface area contributed by atoms with Gasteiger partial charge in [-0.1, -0.05) is 23.7 Å². The maximum atomic E-state index is 11.0. The lowest BCUT2D eigenvalue weighted by Gasteiger charge is -2.10. The maximum absolute atomic E-state index is 11.0. The average molecular weight is 308 g/mol. The Bertz CT molecular complexity index is 702. The molecule has 0 radical (unpaired) electrons. The van der Waals surface area contributed by atoms with Crippen LogP contribution in [0.2, 0.25) is 5.02 Å². The van der Waals surface area contributed by atoms with Crippen LogP contribution in [0.5, 0.6) is 5.75 Å². The molecule has 0 aliphatic rings. The van der Waals surface area contributed by atoms with E-state index in [4.69, 9.17) is 21.4 Å². The number of carbonyl (C=O) groups is 1. The zero-order chi connectivity index (χ0) is 15.4. The summed E-state index contributed by atoms with van der Waals surface area (Å²) in [7, 11) is 0. The Morgan fingerprint density at radius 2 is 2.00 bits per heavy atom. The molecule has 2 aromatic carbocycles. The van der Waals surface area contributed by atoms with Gasteiger partial charge in [0.1, 0.15) is 17.9 Å². The summed E-state index contributed by atoms with van der Waals surface area (Å²) in [5.74, 6) is -0.889. The molecule has 0 amide bonds. The molecule has 6 nitrogen and oxygen atoms in total. The van der Waals surface area contributed by atoms with Crippen molar-refractivity contribution in [2.24, 2.45) is 0 Å². The third-order valence-corrected chi connectivity index (χ3v) is 3.10. The number of nitrogens with zero attached hydrogens (tertiary/aromatic N) is 1. The van der Waals surface area contributed by atoms with Gasteiger partial charge >= 0.3 is 5.97 Å². The first-order valence-corrected chi connectivity index (χ1v) is 6.25. The maximum Gasteiger partial charge on any atom is 0.339 e. The van der Waals surface area contributed by atoms with Gasteiger partial charge in [0.15, 0.2) is 0 Å². The molecule has 7 heteroatoms. The van der Waals surface area contributed by atoms with Crippen LogP contribution in [0.4, 0.5) is 5.69 Å². The summed E-state index contributed by atoms with van der Waals surface area (Å²) < 4.78 is 5.43. The molecule has 0 saturated heterocycles. The van der Waals surface area contributed by atoms with Gasteiger partial charge in [-0.25, -0.2) is 4.79 Å². The summed E-state index contributed by atoms with van der Waals surface area (Å²) in [5.41, 5.74) is 0.452. The van der Waals surface area contributed by atoms with Crippen LogP contribution in [0, 0.1) is 10.1 Å². The van der Waals surface area contributed by atoms with Gasteiger partial charge in [-0.2, -0.15) is 0 Å². The molecule has 0 saturated carbocycles. The molecule has 0 aliphatic carbocycles. The van der Waals surface area contributed by atoms with Crippen molar-refractivity contribution in [3.05, 3.63) is 68.7 Å². The Balaban J connectivity index is 2.17. The van der Waals surface area contributed by atoms with E-state index in [1.54, 1.807) is 12.1 Å². The van der Waals surface area contributed by atoms with E-state index in [2.05, 4.69) is 0 Å². The van der Waals surface area contributed by atoms with Crippen LogP contribution >= 0.6 is 11.6 Å². The van der Waals surface area contributed by atoms with Gasteiger partial charge in [-0.3, -0.25) is 10.1 Å². The highest BCUT2D eigenvalue weighted by molar-refractivity contribution is 6.31. The Morgan fingerprint density at radius 1 is 1.29 bits per heavy atom. The fraction of sp³-hybridized carbons (Fsp3) is 0.0714. The quantitative estimate of drug-likeness (QED) is 0.674. The first-order chi connectivity index (χ1) is 9.99. The molecule has 21 heavy (non-hydrogen) atoms. The van der Waals surface area contributed by atoms with Gasteiger partial charge in [0, 0.05) is 17.7 Å². The monoisotopic (exact) mass is 307 g/mol. The smallest absolute Gasteiger partial charge is 0.339 e. The van der Waals surface area contributed by atoms with Crippen LogP contribution in [0.15, 0.2) is 42.5 Å². The summed E-state index contributed by atoms with van der Waals surface area (Å²) in [4.78, 5) is 21.1. The van der Waals surface area contributed by atoms with E-state index in [0.717, 1.165) is 0 Å². The van der Waals surface area contributed by atoms with Crippen LogP contribution in [-0.4, -0.2) is 16.0 Å². The highest BCUT2D eigenvalue weighted by Crippen LogP contribution is 2.25. The summed E-state index contributed by atoms with van der Waals surface area (Å²) in [6, 6.07) is 10.2. The van der Waals surface area contributed by atoms with Gasteiger partial charge in [0.05, 0.1) is 9.95 Å². The molecule has 0 aromatic heterocycles. The number of ether oxygens (including phenoxy) is 1. The number of carboxylic acids is 1. The minimum absolute atomic E-state index is 0.0150. The number of non-ortho nitro benzene ring substituents is 1. The summed E-state index contributed by atoms with van der Waals surface area (Å²) >= 11 is 5.94. The van der Waals surface area contributed by atoms with Gasteiger partial charge in [0.25, 0.3) is 5.69 Å². The highest BCUT2D eigenvalue weighted by atomic mass is 35.5. The van der Waals surface area contributed by atoms with Crippen LogP contribution in [-0.2, 0) is 6.61 Å². The van der Waals surface area contributed by atoms with Crippen molar-refractivity contribution in [3.63, 3.8) is 0 Å². The van der Waals surface area contributed by atoms with Crippen LogP contribution in [0.3, 0.4) is 0 Å². The van der Waals surface area contributed by atoms with Gasteiger partial charge in [-0.15, -0.1) is 0 Å². The number of halogens is 1. The third kappa shape index (κ3) is 3.49. The minimum Gasteiger partial charge on any atom is -0.488 e. The number of para-hydroxylation sites is 1. The van der Waals surface area contributed by atoms with Gasteiger partial charge in [-0.05, 0) is 18.2 Å². The first-order valence-electron chi connectivity index (χ1n) is 5.87. The van der Waals surface area contributed by atoms with Crippen molar-refractivity contribution >= 4 is 23.3 Å². The van der Waals surface area contributed by atoms with Crippen molar-refractivity contribution in [2.75, 3.05) is 0 Å². The fourth-order valence-corrected chi connectivity index (χ4v) is 1.92. The number of nitro groups is 1. The molecule has 2 rings (SSSR count). The van der Waals surface area contributed by atoms with Crippen molar-refractivity contribution in [2.45, 2.75) is 6.61 Å². The molecular formula is C14H10ClNO5. The Hall–Kier alpha value is -2.60. The number of carboxylic acid groups (broad SMARTS) is 1. The molecule has 108 valence electrons. The van der Waals surface area contributed by atoms with E-state index in [1.807, 2.05) is 0 Å². The van der Waals surface area contributed by atoms with Crippen LogP contribution in [0.1, 0.15) is 15.9 Å². The topological polar surface area (TPSA) is 89.7 Å². The summed E-state index contributed by atoms with van der Waals surface area (Å²) in [6.07, 6.45) is 0. The standard InChI is InChI=1S/C14H10ClNO5/c15-12-7-10(16(19)20)6-5-9(12)8-21-13-4-2-1-3-11(13)14(17)18/h1-7H,8H2,(H,17,18). The van der Waals surface area contributed by atoms with Crippen molar-refractivity contribution in [3.8, 4) is 5.75 Å². The second kappa shape index (κ2) is 6.23. The number of rotatable bonds is 5. The molecule has 0 unspecified atom stereocenters. The predicted octanol–water partition coefficient (Wildman–Crippen LogP) is 3.53. The van der Waals surface area contributed by atoms with E-state index < -0.39 is 10.9 Å². The number of nitro benzene ring substituents is 1. The third-order valence-electron chi connectivity index (χ3n) is 2.75. The molecule has 0 aliphatic heterocycles. The lowest BCUT2D eigenvalue weighted by Crippen LogP contribution is -2.03. The van der Waals surface area contributed by atoms with Crippen molar-refractivity contribution in [1.29, 1.82) is 0 Å². The summed E-state index contributed by atoms with van der Waals surface area (Å²) in [6.45, 7) is 0.0150. The lowest BCUT2D eigenvalue weighted by atomic mass is 10.2. The molecule has 1 N–H and O–H groups in total. The molecular weight excluding hydrogens is 298 g/mol. The SMILES string of the molecule is O=C(O)c1ccccc1OCc1ccc([N+](=O)[O-])cc1Cl. The molecule has 0 bridgehead atoms. The predicted molar refractivity (Wildman–Crippen MR) is 75.8 cm³/mol. The van der Waals surface area contributed by atoms with E-state index in [1.165, 1.54) is 30.3 Å². The molecule has 0 fully saturated rings. The van der Waals surface area contributed by atoms with E-state index in [0.29, 0.717) is 5.56 Å². The second-order valence-electron chi connectivity index (χ2n) is 4.12. The van der Waals surface area contributed by atoms with Crippen molar-refractivity contribution in [1.82, 2.24) is 0 Å². The number of benzene rings is 2. The minimum atomic E-state index is -1.10. The Labute approximate surface area is 124 Å². The lowest BCUT2D eigenvalue weighted by molar-refractivity contribution is -0.384. The van der Waals surface area contributed by atoms with E-state index in [-0.39, 0.29) is 28.6 Å². The number of aromatic carboxylic acids is 1. The number of hydrogen-bond acceptors (Lipinski definition) is 4. The molecule has 0 spiro atoms. The van der Waals surface area contributed by atoms with E-state index >= 15 is 0 Å². The largest absolute Gasteiger partial charge is 0.488 e. The summed E-state index contributed by atoms with van der Waals surface area (Å²) in [5, 5.41) is 19.8.